The molecule has 2 aromatic heterocycles. The van der Waals surface area contributed by atoms with Crippen LogP contribution in [-0.4, -0.2) is 21.8 Å². The molecule has 0 amide bonds. The second-order valence-corrected chi connectivity index (χ2v) is 8.84. The third kappa shape index (κ3) is 6.35. The van der Waals surface area contributed by atoms with Crippen molar-refractivity contribution >= 4 is 29.1 Å². The van der Waals surface area contributed by atoms with Gasteiger partial charge in [0.15, 0.2) is 5.96 Å². The summed E-state index contributed by atoms with van der Waals surface area (Å²) in [5, 5.41) is 8.58. The van der Waals surface area contributed by atoms with E-state index >= 15 is 0 Å². The topological polar surface area (TPSA) is 91.3 Å². The van der Waals surface area contributed by atoms with E-state index in [-0.39, 0.29) is 12.1 Å². The lowest BCUT2D eigenvalue weighted by Gasteiger charge is -2.13. The van der Waals surface area contributed by atoms with Gasteiger partial charge in [-0.05, 0) is 48.7 Å². The van der Waals surface area contributed by atoms with Crippen LogP contribution >= 0.6 is 23.1 Å². The van der Waals surface area contributed by atoms with Gasteiger partial charge in [-0.2, -0.15) is 0 Å². The smallest absolute Gasteiger partial charge is 0.328 e. The van der Waals surface area contributed by atoms with Crippen LogP contribution in [-0.2, 0) is 26.2 Å². The Kier molecular flexibility index (Phi) is 8.13. The second-order valence-electron chi connectivity index (χ2n) is 6.95. The van der Waals surface area contributed by atoms with E-state index in [0.717, 1.165) is 5.56 Å². The number of nitrogens with one attached hydrogen (secondary N) is 3. The molecule has 7 nitrogen and oxygen atoms in total. The molecule has 0 aliphatic rings. The van der Waals surface area contributed by atoms with Crippen LogP contribution in [0.4, 0.5) is 0 Å². The zero-order chi connectivity index (χ0) is 22.2. The number of thiophene rings is 1. The normalized spacial score (nSPS) is 11.5. The molecule has 3 aromatic rings. The molecule has 0 saturated heterocycles. The van der Waals surface area contributed by atoms with Crippen LogP contribution in [0.1, 0.15) is 28.5 Å². The highest BCUT2D eigenvalue weighted by atomic mass is 32.2. The molecule has 0 fully saturated rings. The zero-order valence-electron chi connectivity index (χ0n) is 17.9. The molecule has 2 heterocycles. The van der Waals surface area contributed by atoms with Crippen molar-refractivity contribution in [2.24, 2.45) is 4.99 Å². The van der Waals surface area contributed by atoms with E-state index in [1.165, 1.54) is 19.9 Å². The van der Waals surface area contributed by atoms with Crippen molar-refractivity contribution in [1.82, 2.24) is 20.2 Å². The van der Waals surface area contributed by atoms with Crippen molar-refractivity contribution < 1.29 is 0 Å². The molecule has 164 valence electrons. The fourth-order valence-corrected chi connectivity index (χ4v) is 4.29. The molecule has 3 N–H and O–H groups in total. The van der Waals surface area contributed by atoms with Crippen LogP contribution in [0.25, 0.3) is 0 Å². The first-order chi connectivity index (χ1) is 15.0. The van der Waals surface area contributed by atoms with Crippen molar-refractivity contribution in [3.05, 3.63) is 84.3 Å². The predicted octanol–water partition coefficient (Wildman–Crippen LogP) is 3.08. The number of aromatic amines is 1. The summed E-state index contributed by atoms with van der Waals surface area (Å²) < 4.78 is 1.48. The third-order valence-electron chi connectivity index (χ3n) is 4.76. The maximum atomic E-state index is 12.2. The van der Waals surface area contributed by atoms with Crippen molar-refractivity contribution in [3.63, 3.8) is 0 Å². The number of aryl methyl sites for hydroxylation is 2. The SMILES string of the molecule is CCn1cc(CNC(=NCc2ccc(SC)c(C)c2)NCc2cccs2)c(=O)[nH]c1=O. The lowest BCUT2D eigenvalue weighted by molar-refractivity contribution is 0.673. The van der Waals surface area contributed by atoms with Crippen LogP contribution in [0.15, 0.2) is 61.4 Å². The highest BCUT2D eigenvalue weighted by molar-refractivity contribution is 7.98. The molecule has 0 bridgehead atoms. The molecule has 0 radical (unpaired) electrons. The molecule has 3 rings (SSSR count). The molecule has 1 aromatic carbocycles. The summed E-state index contributed by atoms with van der Waals surface area (Å²) in [6.07, 6.45) is 3.66. The van der Waals surface area contributed by atoms with E-state index < -0.39 is 5.69 Å². The largest absolute Gasteiger partial charge is 0.352 e. The fraction of sp³-hybridized carbons (Fsp3) is 0.318. The number of benzene rings is 1. The minimum atomic E-state index is -0.398. The summed E-state index contributed by atoms with van der Waals surface area (Å²) >= 11 is 3.40. The van der Waals surface area contributed by atoms with Crippen LogP contribution in [0, 0.1) is 6.92 Å². The van der Waals surface area contributed by atoms with Crippen molar-refractivity contribution in [1.29, 1.82) is 0 Å². The maximum Gasteiger partial charge on any atom is 0.328 e. The van der Waals surface area contributed by atoms with Gasteiger partial charge in [0, 0.05) is 29.1 Å². The van der Waals surface area contributed by atoms with E-state index in [2.05, 4.69) is 53.1 Å². The second kappa shape index (κ2) is 11.0. The number of H-pyrrole nitrogens is 1. The number of nitrogens with zero attached hydrogens (tertiary/aromatic N) is 2. The molecular formula is C22H27N5O2S2. The quantitative estimate of drug-likeness (QED) is 0.275. The summed E-state index contributed by atoms with van der Waals surface area (Å²) in [6, 6.07) is 10.4. The summed E-state index contributed by atoms with van der Waals surface area (Å²) in [6.45, 7) is 5.86. The molecule has 0 unspecified atom stereocenters. The Labute approximate surface area is 189 Å². The van der Waals surface area contributed by atoms with E-state index in [0.29, 0.717) is 31.2 Å². The number of guanidine groups is 1. The minimum absolute atomic E-state index is 0.260. The molecule has 0 saturated carbocycles. The van der Waals surface area contributed by atoms with Gasteiger partial charge in [0.25, 0.3) is 5.56 Å². The highest BCUT2D eigenvalue weighted by Crippen LogP contribution is 2.21. The summed E-state index contributed by atoms with van der Waals surface area (Å²) in [7, 11) is 0. The summed E-state index contributed by atoms with van der Waals surface area (Å²) in [5.41, 5.74) is 2.04. The van der Waals surface area contributed by atoms with Crippen molar-refractivity contribution in [2.45, 2.75) is 44.9 Å². The zero-order valence-corrected chi connectivity index (χ0v) is 19.5. The van der Waals surface area contributed by atoms with Gasteiger partial charge in [-0.15, -0.1) is 23.1 Å². The predicted molar refractivity (Wildman–Crippen MR) is 129 cm³/mol. The van der Waals surface area contributed by atoms with Crippen molar-refractivity contribution in [2.75, 3.05) is 6.26 Å². The number of aromatic nitrogens is 2. The monoisotopic (exact) mass is 457 g/mol. The van der Waals surface area contributed by atoms with Crippen LogP contribution < -0.4 is 21.9 Å². The van der Waals surface area contributed by atoms with Gasteiger partial charge < -0.3 is 15.2 Å². The van der Waals surface area contributed by atoms with Crippen molar-refractivity contribution in [3.8, 4) is 0 Å². The van der Waals surface area contributed by atoms with Crippen LogP contribution in [0.2, 0.25) is 0 Å². The number of aliphatic imine (C=N–C) groups is 1. The molecule has 0 aliphatic heterocycles. The lowest BCUT2D eigenvalue weighted by Crippen LogP contribution is -2.39. The first kappa shape index (κ1) is 22.9. The molecular weight excluding hydrogens is 430 g/mol. The lowest BCUT2D eigenvalue weighted by atomic mass is 10.1. The fourth-order valence-electron chi connectivity index (χ4n) is 3.06. The number of thioether (sulfide) groups is 1. The Morgan fingerprint density at radius 3 is 2.71 bits per heavy atom. The van der Waals surface area contributed by atoms with Gasteiger partial charge >= 0.3 is 5.69 Å². The standard InChI is InChI=1S/C22H27N5O2S2/c1-4-27-14-17(20(28)26-22(27)29)12-24-21(25-13-18-6-5-9-31-18)23-11-16-7-8-19(30-3)15(2)10-16/h5-10,14H,4,11-13H2,1-3H3,(H2,23,24,25)(H,26,28,29). The number of rotatable bonds is 8. The van der Waals surface area contributed by atoms with Crippen LogP contribution in [0.3, 0.4) is 0 Å². The molecule has 0 atom stereocenters. The van der Waals surface area contributed by atoms with Gasteiger partial charge in [0.05, 0.1) is 18.7 Å². The van der Waals surface area contributed by atoms with E-state index in [1.807, 2.05) is 18.4 Å². The first-order valence-electron chi connectivity index (χ1n) is 10.0. The van der Waals surface area contributed by atoms with Gasteiger partial charge in [-0.25, -0.2) is 9.79 Å². The summed E-state index contributed by atoms with van der Waals surface area (Å²) in [4.78, 5) is 33.5. The summed E-state index contributed by atoms with van der Waals surface area (Å²) in [5.74, 6) is 0.605. The Hall–Kier alpha value is -2.78. The van der Waals surface area contributed by atoms with E-state index in [4.69, 9.17) is 4.99 Å². The highest BCUT2D eigenvalue weighted by Gasteiger charge is 2.07. The van der Waals surface area contributed by atoms with Gasteiger partial charge in [-0.1, -0.05) is 18.2 Å². The molecule has 0 aliphatic carbocycles. The molecule has 9 heteroatoms. The maximum absolute atomic E-state index is 12.2. The Bertz CT molecular complexity index is 1150. The molecule has 31 heavy (non-hydrogen) atoms. The average Bonchev–Trinajstić information content (AvgIpc) is 3.28. The Morgan fingerprint density at radius 1 is 1.23 bits per heavy atom. The Balaban J connectivity index is 1.75. The van der Waals surface area contributed by atoms with Crippen LogP contribution in [0.5, 0.6) is 0 Å². The van der Waals surface area contributed by atoms with Gasteiger partial charge in [0.2, 0.25) is 0 Å². The third-order valence-corrected chi connectivity index (χ3v) is 6.54. The van der Waals surface area contributed by atoms with E-state index in [9.17, 15) is 9.59 Å². The first-order valence-corrected chi connectivity index (χ1v) is 12.1. The molecule has 0 spiro atoms. The van der Waals surface area contributed by atoms with E-state index in [1.54, 1.807) is 29.3 Å². The number of hydrogen-bond donors (Lipinski definition) is 3. The van der Waals surface area contributed by atoms with Gasteiger partial charge in [0.1, 0.15) is 0 Å². The minimum Gasteiger partial charge on any atom is -0.352 e. The Morgan fingerprint density at radius 2 is 2.03 bits per heavy atom. The van der Waals surface area contributed by atoms with Gasteiger partial charge in [-0.3, -0.25) is 9.78 Å². The average molecular weight is 458 g/mol. The number of hydrogen-bond acceptors (Lipinski definition) is 5.